The van der Waals surface area contributed by atoms with Crippen LogP contribution in [0.1, 0.15) is 12.5 Å². The number of halogens is 1. The summed E-state index contributed by atoms with van der Waals surface area (Å²) in [6.45, 7) is 4.11. The van der Waals surface area contributed by atoms with Crippen molar-refractivity contribution >= 4 is 22.5 Å². The Morgan fingerprint density at radius 3 is 2.89 bits per heavy atom. The maximum atomic E-state index is 5.97. The fourth-order valence-electron chi connectivity index (χ4n) is 2.20. The lowest BCUT2D eigenvalue weighted by Gasteiger charge is -2.18. The molecular weight excluding hydrogens is 246 g/mol. The van der Waals surface area contributed by atoms with Crippen LogP contribution in [0.25, 0.3) is 10.9 Å². The van der Waals surface area contributed by atoms with Crippen LogP contribution in [0.3, 0.4) is 0 Å². The van der Waals surface area contributed by atoms with Gasteiger partial charge in [-0.25, -0.2) is 0 Å². The van der Waals surface area contributed by atoms with Crippen molar-refractivity contribution < 1.29 is 0 Å². The number of H-pyrrole nitrogens is 1. The Balaban J connectivity index is 2.04. The summed E-state index contributed by atoms with van der Waals surface area (Å²) >= 11 is 5.97. The maximum Gasteiger partial charge on any atom is 0.0472 e. The van der Waals surface area contributed by atoms with Gasteiger partial charge in [0.25, 0.3) is 0 Å². The van der Waals surface area contributed by atoms with Crippen LogP contribution in [0.5, 0.6) is 0 Å². The maximum absolute atomic E-state index is 5.97. The van der Waals surface area contributed by atoms with E-state index in [4.69, 9.17) is 11.6 Å². The number of nitrogens with zero attached hydrogens (tertiary/aromatic N) is 1. The lowest BCUT2D eigenvalue weighted by atomic mass is 10.1. The first-order valence-electron chi connectivity index (χ1n) is 6.20. The minimum Gasteiger partial charge on any atom is -0.361 e. The Morgan fingerprint density at radius 2 is 2.17 bits per heavy atom. The largest absolute Gasteiger partial charge is 0.361 e. The summed E-state index contributed by atoms with van der Waals surface area (Å²) in [6, 6.07) is 6.44. The summed E-state index contributed by atoms with van der Waals surface area (Å²) in [6.07, 6.45) is 2.05. The Kier molecular flexibility index (Phi) is 4.27. The molecule has 4 heteroatoms. The average Bonchev–Trinajstić information content (AvgIpc) is 2.67. The van der Waals surface area contributed by atoms with Crippen molar-refractivity contribution in [3.8, 4) is 0 Å². The fraction of sp³-hybridized carbons (Fsp3) is 0.429. The van der Waals surface area contributed by atoms with Gasteiger partial charge in [-0.2, -0.15) is 0 Å². The van der Waals surface area contributed by atoms with E-state index in [0.717, 1.165) is 23.6 Å². The molecule has 1 aromatic heterocycles. The molecule has 98 valence electrons. The summed E-state index contributed by atoms with van der Waals surface area (Å²) in [5, 5.41) is 5.54. The molecule has 2 aromatic rings. The third-order valence-corrected chi connectivity index (χ3v) is 3.24. The summed E-state index contributed by atoms with van der Waals surface area (Å²) < 4.78 is 0. The SMILES string of the molecule is CC(CN(C)C)NCc1c[nH]c2cc(Cl)ccc12. The van der Waals surface area contributed by atoms with Gasteiger partial charge in [0.05, 0.1) is 0 Å². The van der Waals surface area contributed by atoms with Crippen molar-refractivity contribution in [2.24, 2.45) is 0 Å². The molecule has 0 aliphatic heterocycles. The number of fused-ring (bicyclic) bond motifs is 1. The lowest BCUT2D eigenvalue weighted by molar-refractivity contribution is 0.349. The van der Waals surface area contributed by atoms with Gasteiger partial charge in [-0.3, -0.25) is 0 Å². The van der Waals surface area contributed by atoms with E-state index in [1.54, 1.807) is 0 Å². The molecule has 0 saturated heterocycles. The second kappa shape index (κ2) is 5.74. The van der Waals surface area contributed by atoms with Crippen molar-refractivity contribution in [1.82, 2.24) is 15.2 Å². The van der Waals surface area contributed by atoms with E-state index in [9.17, 15) is 0 Å². The first-order valence-corrected chi connectivity index (χ1v) is 6.57. The van der Waals surface area contributed by atoms with Crippen LogP contribution in [-0.2, 0) is 6.54 Å². The number of hydrogen-bond donors (Lipinski definition) is 2. The topological polar surface area (TPSA) is 31.1 Å². The highest BCUT2D eigenvalue weighted by molar-refractivity contribution is 6.31. The second-order valence-corrected chi connectivity index (χ2v) is 5.48. The second-order valence-electron chi connectivity index (χ2n) is 5.05. The van der Waals surface area contributed by atoms with Crippen molar-refractivity contribution in [3.63, 3.8) is 0 Å². The fourth-order valence-corrected chi connectivity index (χ4v) is 2.37. The van der Waals surface area contributed by atoms with Gasteiger partial charge in [0.2, 0.25) is 0 Å². The number of rotatable bonds is 5. The van der Waals surface area contributed by atoms with Crippen LogP contribution in [-0.4, -0.2) is 36.6 Å². The van der Waals surface area contributed by atoms with Crippen molar-refractivity contribution in [1.29, 1.82) is 0 Å². The third-order valence-electron chi connectivity index (χ3n) is 3.01. The molecule has 3 nitrogen and oxygen atoms in total. The normalized spacial score (nSPS) is 13.4. The van der Waals surface area contributed by atoms with E-state index in [-0.39, 0.29) is 0 Å². The molecule has 1 heterocycles. The number of aromatic nitrogens is 1. The monoisotopic (exact) mass is 265 g/mol. The van der Waals surface area contributed by atoms with Gasteiger partial charge in [0.15, 0.2) is 0 Å². The molecule has 2 N–H and O–H groups in total. The Labute approximate surface area is 113 Å². The van der Waals surface area contributed by atoms with Gasteiger partial charge >= 0.3 is 0 Å². The summed E-state index contributed by atoms with van der Waals surface area (Å²) in [5.74, 6) is 0. The van der Waals surface area contributed by atoms with Crippen molar-refractivity contribution in [2.75, 3.05) is 20.6 Å². The van der Waals surface area contributed by atoms with E-state index in [1.807, 2.05) is 12.1 Å². The highest BCUT2D eigenvalue weighted by Crippen LogP contribution is 2.21. The Bertz CT molecular complexity index is 519. The van der Waals surface area contributed by atoms with Crippen molar-refractivity contribution in [2.45, 2.75) is 19.5 Å². The molecule has 1 unspecified atom stereocenters. The molecule has 1 aromatic carbocycles. The number of nitrogens with one attached hydrogen (secondary N) is 2. The summed E-state index contributed by atoms with van der Waals surface area (Å²) in [5.41, 5.74) is 2.38. The van der Waals surface area contributed by atoms with Gasteiger partial charge in [-0.1, -0.05) is 17.7 Å². The first kappa shape index (κ1) is 13.4. The Hall–Kier alpha value is -1.03. The molecule has 1 atom stereocenters. The Morgan fingerprint density at radius 1 is 1.39 bits per heavy atom. The number of likely N-dealkylation sites (N-methyl/N-ethyl adjacent to an activating group) is 1. The highest BCUT2D eigenvalue weighted by Gasteiger charge is 2.06. The van der Waals surface area contributed by atoms with E-state index < -0.39 is 0 Å². The zero-order valence-electron chi connectivity index (χ0n) is 11.1. The molecule has 0 fully saturated rings. The number of aromatic amines is 1. The third kappa shape index (κ3) is 3.25. The van der Waals surface area contributed by atoms with Crippen LogP contribution in [0, 0.1) is 0 Å². The smallest absolute Gasteiger partial charge is 0.0472 e. The van der Waals surface area contributed by atoms with Crippen LogP contribution < -0.4 is 5.32 Å². The minimum atomic E-state index is 0.470. The molecule has 18 heavy (non-hydrogen) atoms. The minimum absolute atomic E-state index is 0.470. The highest BCUT2D eigenvalue weighted by atomic mass is 35.5. The van der Waals surface area contributed by atoms with Gasteiger partial charge in [-0.05, 0) is 38.7 Å². The van der Waals surface area contributed by atoms with E-state index >= 15 is 0 Å². The predicted octanol–water partition coefficient (Wildman–Crippen LogP) is 2.86. The zero-order valence-corrected chi connectivity index (χ0v) is 11.9. The standard InChI is InChI=1S/C14H20ClN3/c1-10(9-18(2)3)16-7-11-8-17-14-6-12(15)4-5-13(11)14/h4-6,8,10,16-17H,7,9H2,1-3H3. The van der Waals surface area contributed by atoms with E-state index in [1.165, 1.54) is 10.9 Å². The summed E-state index contributed by atoms with van der Waals surface area (Å²) in [4.78, 5) is 5.45. The van der Waals surface area contributed by atoms with Crippen molar-refractivity contribution in [3.05, 3.63) is 35.0 Å². The molecule has 2 rings (SSSR count). The average molecular weight is 266 g/mol. The van der Waals surface area contributed by atoms with Gasteiger partial charge < -0.3 is 15.2 Å². The van der Waals surface area contributed by atoms with E-state index in [0.29, 0.717) is 6.04 Å². The van der Waals surface area contributed by atoms with Crippen LogP contribution in [0.4, 0.5) is 0 Å². The molecule has 0 spiro atoms. The molecule has 0 bridgehead atoms. The molecule has 0 aliphatic rings. The molecule has 0 amide bonds. The lowest BCUT2D eigenvalue weighted by Crippen LogP contribution is -2.35. The van der Waals surface area contributed by atoms with Gasteiger partial charge in [-0.15, -0.1) is 0 Å². The number of benzene rings is 1. The first-order chi connectivity index (χ1) is 8.56. The molecule has 0 aliphatic carbocycles. The van der Waals surface area contributed by atoms with Crippen LogP contribution in [0.2, 0.25) is 5.02 Å². The van der Waals surface area contributed by atoms with Gasteiger partial charge in [0.1, 0.15) is 0 Å². The quantitative estimate of drug-likeness (QED) is 0.871. The van der Waals surface area contributed by atoms with E-state index in [2.05, 4.69) is 48.5 Å². The zero-order chi connectivity index (χ0) is 13.1. The van der Waals surface area contributed by atoms with Crippen LogP contribution >= 0.6 is 11.6 Å². The number of hydrogen-bond acceptors (Lipinski definition) is 2. The molecule has 0 saturated carbocycles. The van der Waals surface area contributed by atoms with Crippen LogP contribution in [0.15, 0.2) is 24.4 Å². The van der Waals surface area contributed by atoms with Gasteiger partial charge in [0, 0.05) is 41.3 Å². The predicted molar refractivity (Wildman–Crippen MR) is 78.2 cm³/mol. The molecule has 0 radical (unpaired) electrons. The summed E-state index contributed by atoms with van der Waals surface area (Å²) in [7, 11) is 4.18. The molecular formula is C14H20ClN3.